The van der Waals surface area contributed by atoms with Gasteiger partial charge in [-0.3, -0.25) is 0 Å². The van der Waals surface area contributed by atoms with Gasteiger partial charge in [-0.15, -0.1) is 0 Å². The Morgan fingerprint density at radius 2 is 1.17 bits per heavy atom. The monoisotopic (exact) mass is 230 g/mol. The summed E-state index contributed by atoms with van der Waals surface area (Å²) in [6, 6.07) is 13.3. The molecule has 0 saturated carbocycles. The second-order valence-electron chi connectivity index (χ2n) is 4.98. The second-order valence-corrected chi connectivity index (χ2v) is 4.98. The molecule has 0 radical (unpaired) electrons. The van der Waals surface area contributed by atoms with Crippen LogP contribution in [-0.2, 0) is 12.8 Å². The molecule has 0 amide bonds. The highest BCUT2D eigenvalue weighted by Crippen LogP contribution is 2.39. The Bertz CT molecular complexity index is 635. The third kappa shape index (κ3) is 1.32. The molecule has 0 fully saturated rings. The van der Waals surface area contributed by atoms with Gasteiger partial charge in [-0.25, -0.2) is 0 Å². The summed E-state index contributed by atoms with van der Waals surface area (Å²) in [6.07, 6.45) is 11.2. The highest BCUT2D eigenvalue weighted by molar-refractivity contribution is 5.89. The lowest BCUT2D eigenvalue weighted by molar-refractivity contribution is 1.22. The molecular formula is C18H14. The molecule has 86 valence electrons. The van der Waals surface area contributed by atoms with Gasteiger partial charge in [0.15, 0.2) is 0 Å². The first-order chi connectivity index (χ1) is 8.93. The lowest BCUT2D eigenvalue weighted by Crippen LogP contribution is -1.94. The number of hydrogen-bond acceptors (Lipinski definition) is 0. The Balaban J connectivity index is 2.20. The first kappa shape index (κ1) is 9.90. The zero-order valence-corrected chi connectivity index (χ0v) is 10.2. The molecule has 0 saturated heterocycles. The molecular weight excluding hydrogens is 216 g/mol. The van der Waals surface area contributed by atoms with Crippen molar-refractivity contribution in [3.8, 4) is 11.1 Å². The smallest absolute Gasteiger partial charge is 0.00333 e. The fourth-order valence-corrected chi connectivity index (χ4v) is 3.10. The number of rotatable bonds is 0. The largest absolute Gasteiger partial charge is 0.0795 e. The number of allylic oxidation sites excluding steroid dienone is 2. The van der Waals surface area contributed by atoms with Crippen LogP contribution >= 0.6 is 0 Å². The van der Waals surface area contributed by atoms with Crippen LogP contribution in [0.1, 0.15) is 22.3 Å². The average Bonchev–Trinajstić information content (AvgIpc) is 2.70. The van der Waals surface area contributed by atoms with Crippen molar-refractivity contribution in [1.82, 2.24) is 0 Å². The summed E-state index contributed by atoms with van der Waals surface area (Å²) in [6.45, 7) is 0. The van der Waals surface area contributed by atoms with Crippen LogP contribution in [0, 0.1) is 0 Å². The Morgan fingerprint density at radius 1 is 0.611 bits per heavy atom. The maximum Gasteiger partial charge on any atom is -0.00333 e. The van der Waals surface area contributed by atoms with Gasteiger partial charge < -0.3 is 0 Å². The molecule has 4 rings (SSSR count). The van der Waals surface area contributed by atoms with Gasteiger partial charge in [0, 0.05) is 0 Å². The highest BCUT2D eigenvalue weighted by Gasteiger charge is 2.18. The van der Waals surface area contributed by atoms with Gasteiger partial charge >= 0.3 is 0 Å². The summed E-state index contributed by atoms with van der Waals surface area (Å²) in [5.74, 6) is 0. The van der Waals surface area contributed by atoms with E-state index < -0.39 is 0 Å². The lowest BCUT2D eigenvalue weighted by Gasteiger charge is -2.14. The van der Waals surface area contributed by atoms with E-state index in [-0.39, 0.29) is 0 Å². The summed E-state index contributed by atoms with van der Waals surface area (Å²) in [4.78, 5) is 0. The van der Waals surface area contributed by atoms with Gasteiger partial charge in [-0.05, 0) is 46.2 Å². The van der Waals surface area contributed by atoms with E-state index in [0.717, 1.165) is 12.8 Å². The summed E-state index contributed by atoms with van der Waals surface area (Å²) >= 11 is 0. The SMILES string of the molecule is C1=Cc2cccc3c2-c2c(cccc2CC=C3)C1. The number of benzene rings is 2. The molecule has 18 heavy (non-hydrogen) atoms. The van der Waals surface area contributed by atoms with Crippen molar-refractivity contribution >= 4 is 12.2 Å². The molecule has 0 atom stereocenters. The molecule has 0 spiro atoms. The molecule has 0 heteroatoms. The normalized spacial score (nSPS) is 14.9. The van der Waals surface area contributed by atoms with Crippen LogP contribution in [0.15, 0.2) is 48.6 Å². The summed E-state index contributed by atoms with van der Waals surface area (Å²) in [5.41, 5.74) is 8.51. The van der Waals surface area contributed by atoms with E-state index in [1.54, 1.807) is 0 Å². The van der Waals surface area contributed by atoms with Crippen LogP contribution < -0.4 is 0 Å². The van der Waals surface area contributed by atoms with Crippen LogP contribution in [-0.4, -0.2) is 0 Å². The van der Waals surface area contributed by atoms with Crippen molar-refractivity contribution in [2.24, 2.45) is 0 Å². The summed E-state index contributed by atoms with van der Waals surface area (Å²) < 4.78 is 0. The fourth-order valence-electron chi connectivity index (χ4n) is 3.10. The third-order valence-corrected chi connectivity index (χ3v) is 3.89. The van der Waals surface area contributed by atoms with Crippen molar-refractivity contribution in [2.75, 3.05) is 0 Å². The van der Waals surface area contributed by atoms with Crippen LogP contribution in [0.4, 0.5) is 0 Å². The van der Waals surface area contributed by atoms with Crippen LogP contribution in [0.2, 0.25) is 0 Å². The molecule has 0 nitrogen and oxygen atoms in total. The first-order valence-corrected chi connectivity index (χ1v) is 6.51. The summed E-state index contributed by atoms with van der Waals surface area (Å²) in [5, 5.41) is 0. The standard InChI is InChI=1S/C18H14/c1-5-13-9-3-11-15-7-2-8-16-12-4-10-14(6-1)17(13)18(15)16/h1-10H,11-12H2. The minimum atomic E-state index is 1.04. The predicted molar refractivity (Wildman–Crippen MR) is 77.4 cm³/mol. The minimum absolute atomic E-state index is 1.04. The van der Waals surface area contributed by atoms with Crippen molar-refractivity contribution in [3.63, 3.8) is 0 Å². The van der Waals surface area contributed by atoms with E-state index in [2.05, 4.69) is 60.7 Å². The Labute approximate surface area is 107 Å². The van der Waals surface area contributed by atoms with Gasteiger partial charge in [0.2, 0.25) is 0 Å². The van der Waals surface area contributed by atoms with E-state index in [9.17, 15) is 0 Å². The molecule has 2 aromatic rings. The summed E-state index contributed by atoms with van der Waals surface area (Å²) in [7, 11) is 0. The Hall–Kier alpha value is -2.08. The molecule has 0 aromatic heterocycles. The van der Waals surface area contributed by atoms with Crippen LogP contribution in [0.25, 0.3) is 23.3 Å². The molecule has 2 aliphatic rings. The van der Waals surface area contributed by atoms with E-state index in [4.69, 9.17) is 0 Å². The van der Waals surface area contributed by atoms with Crippen molar-refractivity contribution in [1.29, 1.82) is 0 Å². The molecule has 2 aromatic carbocycles. The molecule has 0 aliphatic heterocycles. The molecule has 0 bridgehead atoms. The van der Waals surface area contributed by atoms with E-state index >= 15 is 0 Å². The van der Waals surface area contributed by atoms with Crippen molar-refractivity contribution < 1.29 is 0 Å². The predicted octanol–water partition coefficient (Wildman–Crippen LogP) is 4.49. The van der Waals surface area contributed by atoms with Gasteiger partial charge in [0.25, 0.3) is 0 Å². The maximum atomic E-state index is 2.28. The van der Waals surface area contributed by atoms with E-state index in [1.165, 1.54) is 33.4 Å². The van der Waals surface area contributed by atoms with Gasteiger partial charge in [-0.2, -0.15) is 0 Å². The van der Waals surface area contributed by atoms with Gasteiger partial charge in [0.1, 0.15) is 0 Å². The second kappa shape index (κ2) is 3.71. The molecule has 0 N–H and O–H groups in total. The van der Waals surface area contributed by atoms with Gasteiger partial charge in [-0.1, -0.05) is 60.7 Å². The van der Waals surface area contributed by atoms with Crippen LogP contribution in [0.3, 0.4) is 0 Å². The lowest BCUT2D eigenvalue weighted by atomic mass is 9.89. The maximum absolute atomic E-state index is 2.28. The highest BCUT2D eigenvalue weighted by atomic mass is 14.2. The van der Waals surface area contributed by atoms with E-state index in [1.807, 2.05) is 0 Å². The fraction of sp³-hybridized carbons (Fsp3) is 0.111. The molecule has 0 heterocycles. The molecule has 2 aliphatic carbocycles. The Kier molecular flexibility index (Phi) is 2.04. The Morgan fingerprint density at radius 3 is 1.78 bits per heavy atom. The quantitative estimate of drug-likeness (QED) is 0.625. The third-order valence-electron chi connectivity index (χ3n) is 3.89. The number of hydrogen-bond donors (Lipinski definition) is 0. The van der Waals surface area contributed by atoms with Crippen LogP contribution in [0.5, 0.6) is 0 Å². The molecule has 0 unspecified atom stereocenters. The van der Waals surface area contributed by atoms with Crippen molar-refractivity contribution in [3.05, 3.63) is 70.8 Å². The van der Waals surface area contributed by atoms with Gasteiger partial charge in [0.05, 0.1) is 0 Å². The average molecular weight is 230 g/mol. The zero-order valence-electron chi connectivity index (χ0n) is 10.2. The topological polar surface area (TPSA) is 0 Å². The van der Waals surface area contributed by atoms with Crippen molar-refractivity contribution in [2.45, 2.75) is 12.8 Å². The minimum Gasteiger partial charge on any atom is -0.0795 e. The zero-order chi connectivity index (χ0) is 11.9. The first-order valence-electron chi connectivity index (χ1n) is 6.51. The van der Waals surface area contributed by atoms with E-state index in [0.29, 0.717) is 0 Å².